The minimum atomic E-state index is -3.77. The third-order valence-corrected chi connectivity index (χ3v) is 9.70. The van der Waals surface area contributed by atoms with Crippen LogP contribution in [0.5, 0.6) is 0 Å². The zero-order valence-corrected chi connectivity index (χ0v) is 20.7. The van der Waals surface area contributed by atoms with Crippen molar-refractivity contribution >= 4 is 59.8 Å². The van der Waals surface area contributed by atoms with Crippen molar-refractivity contribution in [1.29, 1.82) is 0 Å². The molecule has 2 aliphatic rings. The molecule has 2 unspecified atom stereocenters. The van der Waals surface area contributed by atoms with Crippen LogP contribution in [0, 0.1) is 5.92 Å². The molecule has 0 aliphatic carbocycles. The first-order valence-electron chi connectivity index (χ1n) is 10.7. The van der Waals surface area contributed by atoms with Gasteiger partial charge in [0.1, 0.15) is 10.1 Å². The zero-order valence-electron chi connectivity index (χ0n) is 18.2. The number of fused-ring (bicyclic) bond motifs is 1. The van der Waals surface area contributed by atoms with Gasteiger partial charge < -0.3 is 20.4 Å². The summed E-state index contributed by atoms with van der Waals surface area (Å²) in [6.07, 6.45) is 2.24. The fourth-order valence-electron chi connectivity index (χ4n) is 4.21. The second-order valence-electron chi connectivity index (χ2n) is 8.45. The first-order valence-corrected chi connectivity index (χ1v) is 13.9. The van der Waals surface area contributed by atoms with E-state index in [1.807, 2.05) is 7.05 Å². The van der Waals surface area contributed by atoms with Crippen LogP contribution in [0.25, 0.3) is 9.40 Å². The average molecular weight is 514 g/mol. The number of sulfonamides is 1. The van der Waals surface area contributed by atoms with Crippen molar-refractivity contribution in [3.63, 3.8) is 0 Å². The SMILES string of the molecule is CN1CCN(C(=O)C2CCCCNC2=O)C(CNC(=O)c2cc3sc(S(N)(=O)=O)cc3s2)C1. The van der Waals surface area contributed by atoms with E-state index in [0.717, 1.165) is 24.2 Å². The van der Waals surface area contributed by atoms with Crippen LogP contribution in [-0.2, 0) is 19.6 Å². The molecule has 2 saturated heterocycles. The third kappa shape index (κ3) is 5.38. The van der Waals surface area contributed by atoms with Crippen LogP contribution in [0.1, 0.15) is 28.9 Å². The minimum Gasteiger partial charge on any atom is -0.355 e. The number of nitrogens with one attached hydrogen (secondary N) is 2. The van der Waals surface area contributed by atoms with Gasteiger partial charge in [-0.1, -0.05) is 6.42 Å². The van der Waals surface area contributed by atoms with Crippen molar-refractivity contribution in [1.82, 2.24) is 20.4 Å². The standard InChI is InChI=1S/C20H27N5O5S3/c1-24-6-7-25(20(28)13-4-2-3-5-22-18(13)26)12(11-24)10-23-19(27)16-8-14-15(31-16)9-17(32-14)33(21,29)30/h8-9,12-13H,2-7,10-11H2,1H3,(H,22,26)(H,23,27)(H2,21,29,30). The highest BCUT2D eigenvalue weighted by Crippen LogP contribution is 2.34. The van der Waals surface area contributed by atoms with E-state index in [0.29, 0.717) is 46.9 Å². The molecule has 2 aliphatic heterocycles. The van der Waals surface area contributed by atoms with Crippen LogP contribution in [0.15, 0.2) is 16.3 Å². The number of likely N-dealkylation sites (N-methyl/N-ethyl adjacent to an activating group) is 1. The highest BCUT2D eigenvalue weighted by atomic mass is 32.2. The molecule has 0 aromatic carbocycles. The smallest absolute Gasteiger partial charge is 0.261 e. The number of amides is 3. The van der Waals surface area contributed by atoms with Gasteiger partial charge in [-0.15, -0.1) is 22.7 Å². The molecule has 0 saturated carbocycles. The number of hydrogen-bond acceptors (Lipinski definition) is 8. The molecule has 4 rings (SSSR count). The van der Waals surface area contributed by atoms with Gasteiger partial charge in [-0.05, 0) is 32.0 Å². The number of carbonyl (C=O) groups excluding carboxylic acids is 3. The number of nitrogens with zero attached hydrogens (tertiary/aromatic N) is 2. The lowest BCUT2D eigenvalue weighted by Gasteiger charge is -2.41. The lowest BCUT2D eigenvalue weighted by molar-refractivity contribution is -0.145. The largest absolute Gasteiger partial charge is 0.355 e. The highest BCUT2D eigenvalue weighted by Gasteiger charge is 2.37. The maximum Gasteiger partial charge on any atom is 0.261 e. The molecular formula is C20H27N5O5S3. The predicted molar refractivity (Wildman–Crippen MR) is 127 cm³/mol. The minimum absolute atomic E-state index is 0.0673. The normalized spacial score (nSPS) is 22.7. The fourth-order valence-corrected chi connectivity index (χ4v) is 7.35. The van der Waals surface area contributed by atoms with Crippen LogP contribution in [0.2, 0.25) is 0 Å². The van der Waals surface area contributed by atoms with E-state index >= 15 is 0 Å². The Balaban J connectivity index is 1.43. The van der Waals surface area contributed by atoms with E-state index in [1.54, 1.807) is 11.0 Å². The summed E-state index contributed by atoms with van der Waals surface area (Å²) >= 11 is 2.23. The van der Waals surface area contributed by atoms with Crippen LogP contribution in [0.3, 0.4) is 0 Å². The Morgan fingerprint density at radius 2 is 1.97 bits per heavy atom. The summed E-state index contributed by atoms with van der Waals surface area (Å²) in [5.41, 5.74) is 0. The molecule has 10 nitrogen and oxygen atoms in total. The summed E-state index contributed by atoms with van der Waals surface area (Å²) in [7, 11) is -1.81. The van der Waals surface area contributed by atoms with Crippen molar-refractivity contribution in [2.45, 2.75) is 29.5 Å². The molecule has 3 amide bonds. The number of nitrogens with two attached hydrogens (primary N) is 1. The first kappa shape index (κ1) is 24.1. The van der Waals surface area contributed by atoms with Crippen molar-refractivity contribution in [2.24, 2.45) is 11.1 Å². The summed E-state index contributed by atoms with van der Waals surface area (Å²) in [5.74, 6) is -1.34. The molecule has 2 aromatic heterocycles. The second-order valence-corrected chi connectivity index (χ2v) is 12.4. The molecule has 13 heteroatoms. The molecule has 4 heterocycles. The molecule has 2 fully saturated rings. The molecule has 180 valence electrons. The zero-order chi connectivity index (χ0) is 23.8. The van der Waals surface area contributed by atoms with Crippen LogP contribution in [-0.4, -0.2) is 81.8 Å². The van der Waals surface area contributed by atoms with Crippen LogP contribution in [0.4, 0.5) is 0 Å². The number of rotatable bonds is 5. The van der Waals surface area contributed by atoms with Gasteiger partial charge in [-0.3, -0.25) is 14.4 Å². The molecular weight excluding hydrogens is 486 g/mol. The summed E-state index contributed by atoms with van der Waals surface area (Å²) in [6, 6.07) is 2.89. The number of hydrogen-bond donors (Lipinski definition) is 3. The lowest BCUT2D eigenvalue weighted by Crippen LogP contribution is -2.59. The van der Waals surface area contributed by atoms with E-state index in [1.165, 1.54) is 17.4 Å². The second kappa shape index (κ2) is 9.66. The van der Waals surface area contributed by atoms with Crippen molar-refractivity contribution in [3.05, 3.63) is 17.0 Å². The van der Waals surface area contributed by atoms with E-state index in [4.69, 9.17) is 5.14 Å². The Kier molecular flexibility index (Phi) is 7.05. The van der Waals surface area contributed by atoms with Gasteiger partial charge in [0.2, 0.25) is 21.8 Å². The molecule has 0 spiro atoms. The summed E-state index contributed by atoms with van der Waals surface area (Å²) in [5, 5.41) is 10.9. The first-order chi connectivity index (χ1) is 15.6. The Morgan fingerprint density at radius 1 is 1.21 bits per heavy atom. The lowest BCUT2D eigenvalue weighted by atomic mass is 9.99. The van der Waals surface area contributed by atoms with Gasteiger partial charge in [0.25, 0.3) is 5.91 Å². The van der Waals surface area contributed by atoms with Gasteiger partial charge in [-0.2, -0.15) is 0 Å². The molecule has 4 N–H and O–H groups in total. The monoisotopic (exact) mass is 513 g/mol. The average Bonchev–Trinajstić information content (AvgIpc) is 3.26. The highest BCUT2D eigenvalue weighted by molar-refractivity contribution is 7.91. The Labute approximate surface area is 200 Å². The van der Waals surface area contributed by atoms with Crippen molar-refractivity contribution in [3.8, 4) is 0 Å². The number of thiophene rings is 2. The number of carbonyl (C=O) groups is 3. The predicted octanol–water partition coefficient (Wildman–Crippen LogP) is 0.399. The molecule has 2 atom stereocenters. The summed E-state index contributed by atoms with van der Waals surface area (Å²) in [4.78, 5) is 42.7. The van der Waals surface area contributed by atoms with E-state index in [-0.39, 0.29) is 34.5 Å². The van der Waals surface area contributed by atoms with Gasteiger partial charge in [0, 0.05) is 42.1 Å². The Morgan fingerprint density at radius 3 is 2.70 bits per heavy atom. The summed E-state index contributed by atoms with van der Waals surface area (Å²) in [6.45, 7) is 2.67. The van der Waals surface area contributed by atoms with Crippen LogP contribution < -0.4 is 15.8 Å². The third-order valence-electron chi connectivity index (χ3n) is 5.99. The molecule has 0 bridgehead atoms. The number of piperazine rings is 1. The quantitative estimate of drug-likeness (QED) is 0.494. The van der Waals surface area contributed by atoms with E-state index in [9.17, 15) is 22.8 Å². The molecule has 33 heavy (non-hydrogen) atoms. The fraction of sp³-hybridized carbons (Fsp3) is 0.550. The summed E-state index contributed by atoms with van der Waals surface area (Å²) < 4.78 is 24.5. The Hall–Kier alpha value is -2.06. The van der Waals surface area contributed by atoms with Gasteiger partial charge in [0.15, 0.2) is 0 Å². The Bertz CT molecular complexity index is 1140. The topological polar surface area (TPSA) is 142 Å². The molecule has 2 aromatic rings. The number of primary sulfonamides is 1. The van der Waals surface area contributed by atoms with Crippen molar-refractivity contribution < 1.29 is 22.8 Å². The van der Waals surface area contributed by atoms with E-state index < -0.39 is 15.9 Å². The maximum absolute atomic E-state index is 13.2. The van der Waals surface area contributed by atoms with Gasteiger partial charge >= 0.3 is 0 Å². The van der Waals surface area contributed by atoms with E-state index in [2.05, 4.69) is 15.5 Å². The van der Waals surface area contributed by atoms with Gasteiger partial charge in [-0.25, -0.2) is 13.6 Å². The molecule has 0 radical (unpaired) electrons. The van der Waals surface area contributed by atoms with Gasteiger partial charge in [0.05, 0.1) is 10.9 Å². The van der Waals surface area contributed by atoms with Crippen LogP contribution >= 0.6 is 22.7 Å². The maximum atomic E-state index is 13.2. The van der Waals surface area contributed by atoms with Crippen molar-refractivity contribution in [2.75, 3.05) is 39.8 Å².